The van der Waals surface area contributed by atoms with Gasteiger partial charge in [0.05, 0.1) is 23.9 Å². The van der Waals surface area contributed by atoms with Gasteiger partial charge in [-0.1, -0.05) is 24.7 Å². The predicted molar refractivity (Wildman–Crippen MR) is 127 cm³/mol. The Morgan fingerprint density at radius 2 is 1.91 bits per heavy atom. The number of carbonyl (C=O) groups excluding carboxylic acids is 1. The lowest BCUT2D eigenvalue weighted by molar-refractivity contribution is 0.115. The average Bonchev–Trinajstić information content (AvgIpc) is 3.22. The second-order valence-corrected chi connectivity index (χ2v) is 8.77. The average molecular weight is 456 g/mol. The molecule has 1 aliphatic rings. The number of ether oxygens (including phenoxy) is 3. The number of methoxy groups -OCH3 is 1. The number of nitrogens with zero attached hydrogens (tertiary/aromatic N) is 2. The number of rotatable bonds is 8. The summed E-state index contributed by atoms with van der Waals surface area (Å²) in [5.41, 5.74) is 1.64. The van der Waals surface area contributed by atoms with Crippen molar-refractivity contribution >= 4 is 33.3 Å². The Labute approximate surface area is 192 Å². The van der Waals surface area contributed by atoms with Crippen LogP contribution in [0.5, 0.6) is 16.7 Å². The number of thiazole rings is 1. The van der Waals surface area contributed by atoms with Crippen molar-refractivity contribution in [3.63, 3.8) is 0 Å². The zero-order valence-electron chi connectivity index (χ0n) is 18.5. The van der Waals surface area contributed by atoms with Crippen LogP contribution in [0, 0.1) is 0 Å². The molecular formula is C24H29N3O4S. The molecular weight excluding hydrogens is 426 g/mol. The highest BCUT2D eigenvalue weighted by Gasteiger charge is 2.25. The maximum atomic E-state index is 12.6. The first-order valence-corrected chi connectivity index (χ1v) is 11.9. The zero-order chi connectivity index (χ0) is 22.3. The Hall–Kier alpha value is -3.00. The molecule has 4 rings (SSSR count). The molecule has 0 spiro atoms. The van der Waals surface area contributed by atoms with Crippen LogP contribution in [0.4, 0.5) is 10.5 Å². The number of piperidine rings is 1. The number of aromatic nitrogens is 1. The molecule has 2 aromatic carbocycles. The van der Waals surface area contributed by atoms with Gasteiger partial charge in [-0.3, -0.25) is 0 Å². The van der Waals surface area contributed by atoms with E-state index in [1.807, 2.05) is 47.4 Å². The number of hydrogen-bond acceptors (Lipinski definition) is 6. The number of hydrogen-bond donors (Lipinski definition) is 1. The van der Waals surface area contributed by atoms with Gasteiger partial charge in [-0.15, -0.1) is 0 Å². The summed E-state index contributed by atoms with van der Waals surface area (Å²) in [5, 5.41) is 3.63. The topological polar surface area (TPSA) is 72.9 Å². The summed E-state index contributed by atoms with van der Waals surface area (Å²) in [6, 6.07) is 13.3. The molecule has 0 radical (unpaired) electrons. The van der Waals surface area contributed by atoms with Gasteiger partial charge in [-0.05, 0) is 42.8 Å². The number of anilines is 1. The molecule has 1 aliphatic heterocycles. The maximum Gasteiger partial charge on any atom is 0.321 e. The van der Waals surface area contributed by atoms with Crippen LogP contribution in [-0.4, -0.2) is 48.8 Å². The second-order valence-electron chi connectivity index (χ2n) is 7.77. The van der Waals surface area contributed by atoms with Crippen molar-refractivity contribution in [1.29, 1.82) is 0 Å². The Morgan fingerprint density at radius 3 is 2.62 bits per heavy atom. The minimum atomic E-state index is -0.0878. The molecule has 0 bridgehead atoms. The molecule has 32 heavy (non-hydrogen) atoms. The normalized spacial score (nSPS) is 14.4. The first kappa shape index (κ1) is 22.2. The van der Waals surface area contributed by atoms with Crippen molar-refractivity contribution in [1.82, 2.24) is 9.88 Å². The third-order valence-corrected chi connectivity index (χ3v) is 6.37. The van der Waals surface area contributed by atoms with E-state index < -0.39 is 0 Å². The fraction of sp³-hybridized carbons (Fsp3) is 0.417. The van der Waals surface area contributed by atoms with E-state index in [4.69, 9.17) is 14.2 Å². The summed E-state index contributed by atoms with van der Waals surface area (Å²) in [6.45, 7) is 4.14. The molecule has 1 fully saturated rings. The Balaban J connectivity index is 1.25. The van der Waals surface area contributed by atoms with Crippen molar-refractivity contribution in [2.75, 3.05) is 32.1 Å². The lowest BCUT2D eigenvalue weighted by Gasteiger charge is -2.31. The van der Waals surface area contributed by atoms with Gasteiger partial charge in [-0.2, -0.15) is 0 Å². The standard InChI is InChI=1S/C24H29N3O4S/c1-3-4-15-30-18-7-5-17(6-8-18)25-23(28)27-13-11-19(12-14-27)31-24-26-21-16-20(29-2)9-10-22(21)32-24/h5-10,16,19H,3-4,11-15H2,1-2H3,(H,25,28). The van der Waals surface area contributed by atoms with Crippen LogP contribution in [0.1, 0.15) is 32.6 Å². The van der Waals surface area contributed by atoms with E-state index in [1.54, 1.807) is 7.11 Å². The van der Waals surface area contributed by atoms with Crippen LogP contribution in [0.3, 0.4) is 0 Å². The molecule has 3 aromatic rings. The first-order chi connectivity index (χ1) is 15.6. The van der Waals surface area contributed by atoms with Gasteiger partial charge in [0.2, 0.25) is 0 Å². The van der Waals surface area contributed by atoms with Crippen LogP contribution < -0.4 is 19.5 Å². The van der Waals surface area contributed by atoms with Gasteiger partial charge in [0, 0.05) is 37.7 Å². The largest absolute Gasteiger partial charge is 0.497 e. The molecule has 1 saturated heterocycles. The van der Waals surface area contributed by atoms with Crippen LogP contribution in [-0.2, 0) is 0 Å². The van der Waals surface area contributed by atoms with Crippen LogP contribution in [0.15, 0.2) is 42.5 Å². The van der Waals surface area contributed by atoms with Crippen molar-refractivity contribution in [2.45, 2.75) is 38.7 Å². The zero-order valence-corrected chi connectivity index (χ0v) is 19.3. The summed E-state index contributed by atoms with van der Waals surface area (Å²) in [6.07, 6.45) is 3.74. The molecule has 1 N–H and O–H groups in total. The number of amides is 2. The minimum Gasteiger partial charge on any atom is -0.497 e. The number of likely N-dealkylation sites (tertiary alicyclic amines) is 1. The Kier molecular flexibility index (Phi) is 7.32. The fourth-order valence-corrected chi connectivity index (χ4v) is 4.42. The Morgan fingerprint density at radius 1 is 1.16 bits per heavy atom. The third-order valence-electron chi connectivity index (χ3n) is 5.44. The highest BCUT2D eigenvalue weighted by atomic mass is 32.1. The molecule has 7 nitrogen and oxygen atoms in total. The lowest BCUT2D eigenvalue weighted by atomic mass is 10.1. The highest BCUT2D eigenvalue weighted by molar-refractivity contribution is 7.20. The SMILES string of the molecule is CCCCOc1ccc(NC(=O)N2CCC(Oc3nc4cc(OC)ccc4s3)CC2)cc1. The van der Waals surface area contributed by atoms with Crippen molar-refractivity contribution in [3.8, 4) is 16.7 Å². The highest BCUT2D eigenvalue weighted by Crippen LogP contribution is 2.32. The molecule has 2 amide bonds. The molecule has 0 atom stereocenters. The first-order valence-electron chi connectivity index (χ1n) is 11.0. The molecule has 2 heterocycles. The Bertz CT molecular complexity index is 1030. The lowest BCUT2D eigenvalue weighted by Crippen LogP contribution is -2.43. The van der Waals surface area contributed by atoms with E-state index in [0.29, 0.717) is 24.9 Å². The van der Waals surface area contributed by atoms with E-state index in [0.717, 1.165) is 53.1 Å². The molecule has 0 unspecified atom stereocenters. The summed E-state index contributed by atoms with van der Waals surface area (Å²) in [5.74, 6) is 1.61. The maximum absolute atomic E-state index is 12.6. The third kappa shape index (κ3) is 5.62. The number of fused-ring (bicyclic) bond motifs is 1. The van der Waals surface area contributed by atoms with Gasteiger partial charge >= 0.3 is 6.03 Å². The summed E-state index contributed by atoms with van der Waals surface area (Å²) in [4.78, 5) is 19.0. The molecule has 0 aliphatic carbocycles. The number of carbonyl (C=O) groups is 1. The summed E-state index contributed by atoms with van der Waals surface area (Å²) < 4.78 is 18.1. The van der Waals surface area contributed by atoms with E-state index in [2.05, 4.69) is 17.2 Å². The van der Waals surface area contributed by atoms with E-state index in [9.17, 15) is 4.79 Å². The van der Waals surface area contributed by atoms with E-state index in [-0.39, 0.29) is 12.1 Å². The van der Waals surface area contributed by atoms with Gasteiger partial charge < -0.3 is 24.4 Å². The van der Waals surface area contributed by atoms with Crippen molar-refractivity contribution in [2.24, 2.45) is 0 Å². The predicted octanol–water partition coefficient (Wildman–Crippen LogP) is 5.56. The van der Waals surface area contributed by atoms with E-state index in [1.165, 1.54) is 11.3 Å². The number of unbranched alkanes of at least 4 members (excludes halogenated alkanes) is 1. The van der Waals surface area contributed by atoms with Gasteiger partial charge in [-0.25, -0.2) is 9.78 Å². The molecule has 8 heteroatoms. The van der Waals surface area contributed by atoms with Crippen molar-refractivity contribution in [3.05, 3.63) is 42.5 Å². The van der Waals surface area contributed by atoms with Gasteiger partial charge in [0.1, 0.15) is 17.6 Å². The second kappa shape index (κ2) is 10.5. The smallest absolute Gasteiger partial charge is 0.321 e. The van der Waals surface area contributed by atoms with Gasteiger partial charge in [0.15, 0.2) is 0 Å². The quantitative estimate of drug-likeness (QED) is 0.450. The van der Waals surface area contributed by atoms with Crippen LogP contribution >= 0.6 is 11.3 Å². The summed E-state index contributed by atoms with van der Waals surface area (Å²) >= 11 is 1.53. The number of urea groups is 1. The number of nitrogens with one attached hydrogen (secondary N) is 1. The molecule has 1 aromatic heterocycles. The molecule has 0 saturated carbocycles. The summed E-state index contributed by atoms with van der Waals surface area (Å²) in [7, 11) is 1.65. The fourth-order valence-electron chi connectivity index (χ4n) is 3.55. The van der Waals surface area contributed by atoms with Crippen molar-refractivity contribution < 1.29 is 19.0 Å². The van der Waals surface area contributed by atoms with Crippen LogP contribution in [0.25, 0.3) is 10.2 Å². The van der Waals surface area contributed by atoms with Crippen LogP contribution in [0.2, 0.25) is 0 Å². The molecule has 170 valence electrons. The minimum absolute atomic E-state index is 0.0565. The van der Waals surface area contributed by atoms with E-state index >= 15 is 0 Å². The van der Waals surface area contributed by atoms with Gasteiger partial charge in [0.25, 0.3) is 5.19 Å². The monoisotopic (exact) mass is 455 g/mol. The number of benzene rings is 2.